The number of aromatic hydroxyl groups is 3. The Hall–Kier alpha value is -3.51. The number of benzene rings is 2. The predicted molar refractivity (Wildman–Crippen MR) is 139 cm³/mol. The normalized spacial score (nSPS) is 33.5. The van der Waals surface area contributed by atoms with Crippen LogP contribution in [0.1, 0.15) is 6.92 Å². The van der Waals surface area contributed by atoms with Crippen molar-refractivity contribution in [3.63, 3.8) is 0 Å². The van der Waals surface area contributed by atoms with Crippen molar-refractivity contribution in [3.8, 4) is 34.3 Å². The van der Waals surface area contributed by atoms with Gasteiger partial charge in [0.15, 0.2) is 12.1 Å². The van der Waals surface area contributed by atoms with E-state index in [1.165, 1.54) is 31.2 Å². The van der Waals surface area contributed by atoms with Crippen LogP contribution < -0.4 is 10.2 Å². The molecule has 15 nitrogen and oxygen atoms in total. The number of hydrogen-bond donors (Lipinski definition) is 9. The van der Waals surface area contributed by atoms with Crippen molar-refractivity contribution < 1.29 is 69.3 Å². The van der Waals surface area contributed by atoms with Gasteiger partial charge in [-0.15, -0.1) is 0 Å². The van der Waals surface area contributed by atoms with E-state index in [1.54, 1.807) is 0 Å². The molecule has 2 aliphatic heterocycles. The van der Waals surface area contributed by atoms with E-state index in [0.717, 1.165) is 12.1 Å². The molecule has 2 aromatic carbocycles. The van der Waals surface area contributed by atoms with Crippen LogP contribution in [0.25, 0.3) is 22.3 Å². The molecule has 3 heterocycles. The third-order valence-corrected chi connectivity index (χ3v) is 7.20. The summed E-state index contributed by atoms with van der Waals surface area (Å²) >= 11 is 0. The zero-order chi connectivity index (χ0) is 30.5. The van der Waals surface area contributed by atoms with E-state index in [9.17, 15) is 50.8 Å². The zero-order valence-electron chi connectivity index (χ0n) is 21.9. The molecule has 2 fully saturated rings. The van der Waals surface area contributed by atoms with Gasteiger partial charge in [-0.25, -0.2) is 0 Å². The van der Waals surface area contributed by atoms with Crippen LogP contribution in [0.4, 0.5) is 0 Å². The van der Waals surface area contributed by atoms with Crippen LogP contribution in [-0.2, 0) is 14.2 Å². The second-order valence-corrected chi connectivity index (χ2v) is 10.1. The molecule has 0 amide bonds. The van der Waals surface area contributed by atoms with Crippen molar-refractivity contribution in [1.82, 2.24) is 0 Å². The van der Waals surface area contributed by atoms with Crippen molar-refractivity contribution in [3.05, 3.63) is 46.6 Å². The van der Waals surface area contributed by atoms with Gasteiger partial charge in [0.1, 0.15) is 70.9 Å². The minimum absolute atomic E-state index is 0.0898. The second-order valence-electron chi connectivity index (χ2n) is 10.1. The topological polar surface area (TPSA) is 249 Å². The van der Waals surface area contributed by atoms with Gasteiger partial charge < -0.3 is 69.3 Å². The summed E-state index contributed by atoms with van der Waals surface area (Å²) in [5, 5.41) is 91.2. The van der Waals surface area contributed by atoms with Gasteiger partial charge in [-0.3, -0.25) is 4.79 Å². The Labute approximate surface area is 236 Å². The molecule has 3 aromatic rings. The van der Waals surface area contributed by atoms with E-state index in [-0.39, 0.29) is 33.8 Å². The highest BCUT2D eigenvalue weighted by Gasteiger charge is 2.50. The first-order valence-corrected chi connectivity index (χ1v) is 12.9. The third kappa shape index (κ3) is 5.37. The highest BCUT2D eigenvalue weighted by atomic mass is 16.7. The third-order valence-electron chi connectivity index (χ3n) is 7.20. The maximum absolute atomic E-state index is 13.5. The summed E-state index contributed by atoms with van der Waals surface area (Å²) in [6.07, 6.45) is -15.9. The first-order chi connectivity index (χ1) is 19.9. The molecule has 0 spiro atoms. The molecule has 10 atom stereocenters. The number of aliphatic hydroxyl groups excluding tert-OH is 6. The van der Waals surface area contributed by atoms with Gasteiger partial charge in [-0.2, -0.15) is 0 Å². The Morgan fingerprint density at radius 3 is 2.14 bits per heavy atom. The number of phenols is 3. The molecule has 1 aromatic heterocycles. The number of aliphatic hydroxyl groups is 6. The van der Waals surface area contributed by atoms with Crippen LogP contribution in [0, 0.1) is 0 Å². The van der Waals surface area contributed by atoms with Gasteiger partial charge in [0.2, 0.25) is 17.5 Å². The Morgan fingerprint density at radius 1 is 0.810 bits per heavy atom. The van der Waals surface area contributed by atoms with Crippen molar-refractivity contribution in [2.45, 2.75) is 68.3 Å². The number of hydrogen-bond acceptors (Lipinski definition) is 15. The van der Waals surface area contributed by atoms with E-state index < -0.39 is 84.9 Å². The summed E-state index contributed by atoms with van der Waals surface area (Å²) in [6.45, 7) is 0.702. The SMILES string of the molecule is C[C@@H]1O[C@H](Oc2c(-c3ccc(O)cc3)oc3cc(O)cc(O)c3c2=O)[C@H](O)[C@H](O)[C@H]1O[C@@H]1O[C@H](CO)[C@@H](O)[C@H](O)[C@H]1O. The Morgan fingerprint density at radius 2 is 1.48 bits per heavy atom. The van der Waals surface area contributed by atoms with Crippen molar-refractivity contribution in [2.75, 3.05) is 6.61 Å². The fourth-order valence-electron chi connectivity index (χ4n) is 4.92. The van der Waals surface area contributed by atoms with Crippen LogP contribution in [0.15, 0.2) is 45.6 Å². The number of ether oxygens (including phenoxy) is 4. The molecule has 0 saturated carbocycles. The number of fused-ring (bicyclic) bond motifs is 1. The van der Waals surface area contributed by atoms with Gasteiger partial charge >= 0.3 is 0 Å². The molecule has 0 bridgehead atoms. The molecular formula is C27H30O15. The fourth-order valence-corrected chi connectivity index (χ4v) is 4.92. The molecule has 0 radical (unpaired) electrons. The lowest BCUT2D eigenvalue weighted by Crippen LogP contribution is -2.64. The maximum atomic E-state index is 13.5. The molecular weight excluding hydrogens is 564 g/mol. The molecule has 9 N–H and O–H groups in total. The second kappa shape index (κ2) is 11.6. The molecule has 42 heavy (non-hydrogen) atoms. The average molecular weight is 595 g/mol. The highest BCUT2D eigenvalue weighted by molar-refractivity contribution is 5.88. The lowest BCUT2D eigenvalue weighted by Gasteiger charge is -2.45. The van der Waals surface area contributed by atoms with E-state index in [0.29, 0.717) is 0 Å². The first kappa shape index (κ1) is 30.0. The summed E-state index contributed by atoms with van der Waals surface area (Å²) in [6, 6.07) is 7.43. The fraction of sp³-hybridized carbons (Fsp3) is 0.444. The van der Waals surface area contributed by atoms with E-state index in [2.05, 4.69) is 0 Å². The molecule has 2 aliphatic rings. The van der Waals surface area contributed by atoms with E-state index >= 15 is 0 Å². The summed E-state index contributed by atoms with van der Waals surface area (Å²) in [5.74, 6) is -1.84. The lowest BCUT2D eigenvalue weighted by atomic mass is 9.97. The van der Waals surface area contributed by atoms with Gasteiger partial charge in [0.25, 0.3) is 0 Å². The molecule has 0 aliphatic carbocycles. The Bertz CT molecular complexity index is 1470. The molecule has 15 heteroatoms. The highest BCUT2D eigenvalue weighted by Crippen LogP contribution is 2.38. The quantitative estimate of drug-likeness (QED) is 0.159. The number of rotatable bonds is 6. The smallest absolute Gasteiger partial charge is 0.239 e. The van der Waals surface area contributed by atoms with Gasteiger partial charge in [0.05, 0.1) is 12.7 Å². The molecule has 2 saturated heterocycles. The van der Waals surface area contributed by atoms with Crippen molar-refractivity contribution in [2.24, 2.45) is 0 Å². The minimum atomic E-state index is -1.88. The summed E-state index contributed by atoms with van der Waals surface area (Å²) < 4.78 is 28.2. The van der Waals surface area contributed by atoms with Crippen molar-refractivity contribution in [1.29, 1.82) is 0 Å². The van der Waals surface area contributed by atoms with Crippen LogP contribution in [0.5, 0.6) is 23.0 Å². The maximum Gasteiger partial charge on any atom is 0.239 e. The van der Waals surface area contributed by atoms with Crippen LogP contribution in [-0.4, -0.2) is 114 Å². The first-order valence-electron chi connectivity index (χ1n) is 12.9. The summed E-state index contributed by atoms with van der Waals surface area (Å²) in [5.41, 5.74) is -0.874. The van der Waals surface area contributed by atoms with E-state index in [4.69, 9.17) is 23.4 Å². The van der Waals surface area contributed by atoms with Crippen LogP contribution in [0.2, 0.25) is 0 Å². The Balaban J connectivity index is 1.45. The Kier molecular flexibility index (Phi) is 8.30. The molecule has 5 rings (SSSR count). The van der Waals surface area contributed by atoms with Crippen LogP contribution in [0.3, 0.4) is 0 Å². The zero-order valence-corrected chi connectivity index (χ0v) is 21.9. The van der Waals surface area contributed by atoms with Gasteiger partial charge in [0, 0.05) is 17.7 Å². The van der Waals surface area contributed by atoms with Gasteiger partial charge in [-0.05, 0) is 31.2 Å². The van der Waals surface area contributed by atoms with Crippen LogP contribution >= 0.6 is 0 Å². The standard InChI is InChI=1S/C27H30O15/c1-9-23(41-27-21(36)19(34)17(32)15(8-28)40-27)20(35)22(37)26(38-9)42-25-18(33)16-13(31)6-12(30)7-14(16)39-24(25)10-2-4-11(29)5-3-10/h2-7,9,15,17,19-23,26-32,34-37H,8H2,1H3/t9-,15+,17+,19-,20-,21+,22+,23-,26+,27-/m0/s1. The number of phenolic OH excluding ortho intramolecular Hbond substituents is 3. The molecule has 0 unspecified atom stereocenters. The predicted octanol–water partition coefficient (Wildman–Crippen LogP) is -1.39. The average Bonchev–Trinajstić information content (AvgIpc) is 2.95. The van der Waals surface area contributed by atoms with Crippen molar-refractivity contribution >= 4 is 11.0 Å². The summed E-state index contributed by atoms with van der Waals surface area (Å²) in [7, 11) is 0. The lowest BCUT2D eigenvalue weighted by molar-refractivity contribution is -0.348. The molecule has 228 valence electrons. The monoisotopic (exact) mass is 594 g/mol. The minimum Gasteiger partial charge on any atom is -0.508 e. The summed E-state index contributed by atoms with van der Waals surface area (Å²) in [4.78, 5) is 13.5. The largest absolute Gasteiger partial charge is 0.508 e. The van der Waals surface area contributed by atoms with Gasteiger partial charge in [-0.1, -0.05) is 0 Å². The van der Waals surface area contributed by atoms with E-state index in [1.807, 2.05) is 0 Å².